The van der Waals surface area contributed by atoms with Crippen LogP contribution < -0.4 is 10.2 Å². The van der Waals surface area contributed by atoms with E-state index in [2.05, 4.69) is 20.5 Å². The molecular formula is C20H19N7O2S. The molecule has 4 rings (SSSR count). The molecule has 9 nitrogen and oxygen atoms in total. The van der Waals surface area contributed by atoms with Crippen LogP contribution in [0.1, 0.15) is 5.56 Å². The third kappa shape index (κ3) is 4.22. The predicted molar refractivity (Wildman–Crippen MR) is 112 cm³/mol. The molecule has 1 aromatic carbocycles. The van der Waals surface area contributed by atoms with E-state index in [0.717, 1.165) is 0 Å². The van der Waals surface area contributed by atoms with Crippen LogP contribution in [-0.2, 0) is 10.0 Å². The van der Waals surface area contributed by atoms with Crippen LogP contribution in [-0.4, -0.2) is 54.1 Å². The Balaban J connectivity index is 1.38. The molecule has 3 heterocycles. The summed E-state index contributed by atoms with van der Waals surface area (Å²) in [6.07, 6.45) is 1.69. The highest BCUT2D eigenvalue weighted by Crippen LogP contribution is 2.21. The zero-order valence-corrected chi connectivity index (χ0v) is 16.8. The second-order valence-corrected chi connectivity index (χ2v) is 8.58. The van der Waals surface area contributed by atoms with Crippen molar-refractivity contribution in [3.05, 3.63) is 66.4 Å². The zero-order chi connectivity index (χ0) is 21.0. The van der Waals surface area contributed by atoms with E-state index in [1.807, 2.05) is 41.3 Å². The Bertz CT molecular complexity index is 1140. The first kappa shape index (κ1) is 19.8. The van der Waals surface area contributed by atoms with Crippen LogP contribution in [0.3, 0.4) is 0 Å². The van der Waals surface area contributed by atoms with E-state index in [9.17, 15) is 8.42 Å². The quantitative estimate of drug-likeness (QED) is 0.665. The highest BCUT2D eigenvalue weighted by molar-refractivity contribution is 7.89. The van der Waals surface area contributed by atoms with Gasteiger partial charge in [-0.3, -0.25) is 0 Å². The minimum Gasteiger partial charge on any atom is -0.352 e. The Morgan fingerprint density at radius 1 is 0.900 bits per heavy atom. The molecule has 0 amide bonds. The van der Waals surface area contributed by atoms with Crippen molar-refractivity contribution in [1.82, 2.24) is 19.5 Å². The molecule has 30 heavy (non-hydrogen) atoms. The normalized spacial score (nSPS) is 14.8. The number of nitrogens with one attached hydrogen (secondary N) is 1. The third-order valence-electron chi connectivity index (χ3n) is 4.76. The number of aromatic nitrogens is 3. The first-order chi connectivity index (χ1) is 14.6. The van der Waals surface area contributed by atoms with Gasteiger partial charge in [0.1, 0.15) is 5.82 Å². The average Bonchev–Trinajstić information content (AvgIpc) is 2.80. The smallest absolute Gasteiger partial charge is 0.243 e. The van der Waals surface area contributed by atoms with Gasteiger partial charge in [0.05, 0.1) is 16.5 Å². The van der Waals surface area contributed by atoms with Crippen LogP contribution in [0.4, 0.5) is 17.5 Å². The monoisotopic (exact) mass is 421 g/mol. The molecule has 0 saturated carbocycles. The molecule has 0 atom stereocenters. The number of benzene rings is 1. The number of rotatable bonds is 5. The number of hydrogen-bond donors (Lipinski definition) is 1. The molecule has 0 radical (unpaired) electrons. The lowest BCUT2D eigenvalue weighted by atomic mass is 10.2. The summed E-state index contributed by atoms with van der Waals surface area (Å²) in [7, 11) is -3.59. The van der Waals surface area contributed by atoms with Gasteiger partial charge in [-0.15, -0.1) is 10.2 Å². The van der Waals surface area contributed by atoms with Gasteiger partial charge in [0.2, 0.25) is 10.0 Å². The number of anilines is 3. The molecular weight excluding hydrogens is 402 g/mol. The molecule has 0 aliphatic carbocycles. The Hall–Kier alpha value is -3.55. The predicted octanol–water partition coefficient (Wildman–Crippen LogP) is 2.00. The lowest BCUT2D eigenvalue weighted by Gasteiger charge is -2.34. The van der Waals surface area contributed by atoms with Crippen molar-refractivity contribution in [2.24, 2.45) is 0 Å². The summed E-state index contributed by atoms with van der Waals surface area (Å²) in [6.45, 7) is 1.71. The maximum absolute atomic E-state index is 12.8. The van der Waals surface area contributed by atoms with Gasteiger partial charge in [-0.1, -0.05) is 6.07 Å². The molecule has 2 aromatic heterocycles. The summed E-state index contributed by atoms with van der Waals surface area (Å²) in [5.74, 6) is 1.96. The topological polar surface area (TPSA) is 115 Å². The van der Waals surface area contributed by atoms with Crippen LogP contribution in [0, 0.1) is 11.3 Å². The van der Waals surface area contributed by atoms with Gasteiger partial charge in [0, 0.05) is 32.4 Å². The average molecular weight is 421 g/mol. The molecule has 0 spiro atoms. The summed E-state index contributed by atoms with van der Waals surface area (Å²) >= 11 is 0. The summed E-state index contributed by atoms with van der Waals surface area (Å²) in [5, 5.41) is 20.4. The van der Waals surface area contributed by atoms with Crippen LogP contribution in [0.5, 0.6) is 0 Å². The van der Waals surface area contributed by atoms with E-state index >= 15 is 0 Å². The Labute approximate surface area is 174 Å². The molecule has 1 fully saturated rings. The fraction of sp³-hybridized carbons (Fsp3) is 0.200. The lowest BCUT2D eigenvalue weighted by molar-refractivity contribution is 0.383. The summed E-state index contributed by atoms with van der Waals surface area (Å²) in [4.78, 5) is 6.38. The Kier molecular flexibility index (Phi) is 5.56. The van der Waals surface area contributed by atoms with Crippen LogP contribution in [0.15, 0.2) is 65.7 Å². The van der Waals surface area contributed by atoms with Crippen molar-refractivity contribution in [3.8, 4) is 6.07 Å². The second-order valence-electron chi connectivity index (χ2n) is 6.64. The molecule has 0 unspecified atom stereocenters. The van der Waals surface area contributed by atoms with E-state index < -0.39 is 10.0 Å². The fourth-order valence-corrected chi connectivity index (χ4v) is 4.56. The number of pyridine rings is 1. The number of hydrogen-bond acceptors (Lipinski definition) is 8. The van der Waals surface area contributed by atoms with E-state index in [0.29, 0.717) is 49.2 Å². The lowest BCUT2D eigenvalue weighted by Crippen LogP contribution is -2.49. The number of nitrogens with zero attached hydrogens (tertiary/aromatic N) is 6. The van der Waals surface area contributed by atoms with Gasteiger partial charge < -0.3 is 10.2 Å². The van der Waals surface area contributed by atoms with Crippen molar-refractivity contribution >= 4 is 27.5 Å². The van der Waals surface area contributed by atoms with Crippen molar-refractivity contribution in [3.63, 3.8) is 0 Å². The molecule has 152 valence electrons. The van der Waals surface area contributed by atoms with E-state index in [1.165, 1.54) is 28.6 Å². The second kappa shape index (κ2) is 8.44. The zero-order valence-electron chi connectivity index (χ0n) is 16.0. The van der Waals surface area contributed by atoms with Crippen molar-refractivity contribution in [2.75, 3.05) is 36.4 Å². The van der Waals surface area contributed by atoms with E-state index in [-0.39, 0.29) is 4.90 Å². The molecule has 10 heteroatoms. The molecule has 1 aliphatic heterocycles. The van der Waals surface area contributed by atoms with Gasteiger partial charge in [0.15, 0.2) is 11.6 Å². The third-order valence-corrected chi connectivity index (χ3v) is 6.67. The van der Waals surface area contributed by atoms with Crippen molar-refractivity contribution in [2.45, 2.75) is 4.90 Å². The largest absolute Gasteiger partial charge is 0.352 e. The maximum Gasteiger partial charge on any atom is 0.243 e. The highest BCUT2D eigenvalue weighted by Gasteiger charge is 2.29. The summed E-state index contributed by atoms with van der Waals surface area (Å²) < 4.78 is 27.1. The van der Waals surface area contributed by atoms with E-state index in [1.54, 1.807) is 6.20 Å². The van der Waals surface area contributed by atoms with Gasteiger partial charge in [-0.2, -0.15) is 9.57 Å². The minimum absolute atomic E-state index is 0.194. The summed E-state index contributed by atoms with van der Waals surface area (Å²) in [6, 6.07) is 17.2. The maximum atomic E-state index is 12.8. The van der Waals surface area contributed by atoms with E-state index in [4.69, 9.17) is 5.26 Å². The SMILES string of the molecule is N#Cc1ccc(S(=O)(=O)N2CCN(c3ccc(Nc4ccccn4)nn3)CC2)cc1. The van der Waals surface area contributed by atoms with Crippen LogP contribution in [0.2, 0.25) is 0 Å². The molecule has 1 saturated heterocycles. The van der Waals surface area contributed by atoms with Crippen LogP contribution in [0.25, 0.3) is 0 Å². The van der Waals surface area contributed by atoms with Crippen molar-refractivity contribution < 1.29 is 8.42 Å². The van der Waals surface area contributed by atoms with Gasteiger partial charge in [-0.05, 0) is 48.5 Å². The highest BCUT2D eigenvalue weighted by atomic mass is 32.2. The minimum atomic E-state index is -3.59. The molecule has 1 aliphatic rings. The molecule has 1 N–H and O–H groups in total. The summed E-state index contributed by atoms with van der Waals surface area (Å²) in [5.41, 5.74) is 0.429. The Morgan fingerprint density at radius 2 is 1.67 bits per heavy atom. The molecule has 0 bridgehead atoms. The number of nitriles is 1. The van der Waals surface area contributed by atoms with Gasteiger partial charge in [0.25, 0.3) is 0 Å². The first-order valence-corrected chi connectivity index (χ1v) is 10.8. The molecule has 3 aromatic rings. The number of sulfonamides is 1. The fourth-order valence-electron chi connectivity index (χ4n) is 3.14. The van der Waals surface area contributed by atoms with Crippen LogP contribution >= 0.6 is 0 Å². The van der Waals surface area contributed by atoms with Crippen molar-refractivity contribution in [1.29, 1.82) is 5.26 Å². The number of piperazine rings is 1. The Morgan fingerprint density at radius 3 is 2.27 bits per heavy atom. The standard InChI is InChI=1S/C20H19N7O2S/c21-15-16-4-6-17(7-5-16)30(28,29)27-13-11-26(12-14-27)20-9-8-19(24-25-20)23-18-3-1-2-10-22-18/h1-10H,11-14H2,(H,22,23,24). The van der Waals surface area contributed by atoms with Gasteiger partial charge >= 0.3 is 0 Å². The first-order valence-electron chi connectivity index (χ1n) is 9.33. The van der Waals surface area contributed by atoms with Gasteiger partial charge in [-0.25, -0.2) is 13.4 Å².